The molecule has 21 heavy (non-hydrogen) atoms. The lowest BCUT2D eigenvalue weighted by molar-refractivity contribution is 0.00472. The van der Waals surface area contributed by atoms with Gasteiger partial charge in [-0.1, -0.05) is 13.3 Å². The average molecular weight is 303 g/mol. The van der Waals surface area contributed by atoms with Crippen LogP contribution in [-0.4, -0.2) is 75.9 Å². The van der Waals surface area contributed by atoms with E-state index in [-0.39, 0.29) is 6.10 Å². The number of hydrogen-bond acceptors (Lipinski definition) is 5. The van der Waals surface area contributed by atoms with Gasteiger partial charge >= 0.3 is 0 Å². The van der Waals surface area contributed by atoms with Gasteiger partial charge in [0.1, 0.15) is 0 Å². The molecule has 126 valence electrons. The van der Waals surface area contributed by atoms with Crippen LogP contribution in [0.4, 0.5) is 0 Å². The first-order valence-corrected chi connectivity index (χ1v) is 8.32. The van der Waals surface area contributed by atoms with Crippen molar-refractivity contribution in [2.24, 2.45) is 5.92 Å². The molecule has 0 bridgehead atoms. The van der Waals surface area contributed by atoms with E-state index >= 15 is 0 Å². The van der Waals surface area contributed by atoms with E-state index in [0.717, 1.165) is 45.6 Å². The predicted octanol–water partition coefficient (Wildman–Crippen LogP) is 1.54. The largest absolute Gasteiger partial charge is 0.393 e. The zero-order valence-corrected chi connectivity index (χ0v) is 13.8. The van der Waals surface area contributed by atoms with Crippen LogP contribution in [0.15, 0.2) is 0 Å². The van der Waals surface area contributed by atoms with Crippen molar-refractivity contribution in [1.82, 2.24) is 4.90 Å². The van der Waals surface area contributed by atoms with Gasteiger partial charge < -0.3 is 24.2 Å². The van der Waals surface area contributed by atoms with Crippen LogP contribution in [0.3, 0.4) is 0 Å². The number of aliphatic hydroxyl groups excluding tert-OH is 1. The van der Waals surface area contributed by atoms with Crippen LogP contribution >= 0.6 is 0 Å². The molecule has 1 fully saturated rings. The summed E-state index contributed by atoms with van der Waals surface area (Å²) in [6.45, 7) is 8.33. The zero-order valence-electron chi connectivity index (χ0n) is 13.8. The molecule has 0 radical (unpaired) electrons. The van der Waals surface area contributed by atoms with Crippen molar-refractivity contribution < 1.29 is 19.3 Å². The number of hydrogen-bond donors (Lipinski definition) is 1. The molecule has 5 heteroatoms. The zero-order chi connectivity index (χ0) is 15.3. The summed E-state index contributed by atoms with van der Waals surface area (Å²) in [6.07, 6.45) is 4.15. The number of ether oxygens (including phenoxy) is 3. The fraction of sp³-hybridized carbons (Fsp3) is 1.00. The minimum absolute atomic E-state index is 0.0530. The molecule has 0 amide bonds. The SMILES string of the molecule is CCCCOCCOCCOCCN(C)CC1CC(O)C1. The van der Waals surface area contributed by atoms with E-state index < -0.39 is 0 Å². The molecule has 0 aromatic rings. The van der Waals surface area contributed by atoms with Crippen LogP contribution in [0.25, 0.3) is 0 Å². The van der Waals surface area contributed by atoms with Crippen molar-refractivity contribution in [3.8, 4) is 0 Å². The van der Waals surface area contributed by atoms with E-state index in [1.165, 1.54) is 6.42 Å². The van der Waals surface area contributed by atoms with E-state index in [1.54, 1.807) is 0 Å². The van der Waals surface area contributed by atoms with E-state index in [9.17, 15) is 5.11 Å². The molecule has 1 aliphatic carbocycles. The second-order valence-corrected chi connectivity index (χ2v) is 5.94. The van der Waals surface area contributed by atoms with E-state index in [2.05, 4.69) is 18.9 Å². The fourth-order valence-electron chi connectivity index (χ4n) is 2.39. The minimum atomic E-state index is -0.0530. The molecule has 0 saturated heterocycles. The number of unbranched alkanes of at least 4 members (excludes halogenated alkanes) is 1. The van der Waals surface area contributed by atoms with Gasteiger partial charge in [0.2, 0.25) is 0 Å². The molecule has 0 aliphatic heterocycles. The summed E-state index contributed by atoms with van der Waals surface area (Å²) in [5.74, 6) is 0.668. The lowest BCUT2D eigenvalue weighted by Crippen LogP contribution is -2.38. The molecule has 5 nitrogen and oxygen atoms in total. The molecule has 0 spiro atoms. The van der Waals surface area contributed by atoms with Crippen molar-refractivity contribution in [3.05, 3.63) is 0 Å². The maximum absolute atomic E-state index is 9.24. The van der Waals surface area contributed by atoms with E-state index in [1.807, 2.05) is 0 Å². The van der Waals surface area contributed by atoms with Gasteiger partial charge in [0, 0.05) is 19.7 Å². The highest BCUT2D eigenvalue weighted by Gasteiger charge is 2.27. The Morgan fingerprint density at radius 2 is 1.52 bits per heavy atom. The summed E-state index contributed by atoms with van der Waals surface area (Å²) in [5.41, 5.74) is 0. The topological polar surface area (TPSA) is 51.2 Å². The molecular formula is C16H33NO4. The molecule has 1 saturated carbocycles. The first-order valence-electron chi connectivity index (χ1n) is 8.32. The molecule has 0 unspecified atom stereocenters. The summed E-state index contributed by atoms with van der Waals surface area (Å²) in [6, 6.07) is 0. The lowest BCUT2D eigenvalue weighted by atomic mass is 9.82. The third-order valence-electron chi connectivity index (χ3n) is 3.78. The van der Waals surface area contributed by atoms with Gasteiger partial charge in [0.25, 0.3) is 0 Å². The highest BCUT2D eigenvalue weighted by atomic mass is 16.5. The number of nitrogens with zero attached hydrogens (tertiary/aromatic N) is 1. The Labute approximate surface area is 129 Å². The highest BCUT2D eigenvalue weighted by Crippen LogP contribution is 2.27. The van der Waals surface area contributed by atoms with Crippen LogP contribution in [-0.2, 0) is 14.2 Å². The molecule has 1 N–H and O–H groups in total. The highest BCUT2D eigenvalue weighted by molar-refractivity contribution is 4.80. The molecule has 0 heterocycles. The summed E-state index contributed by atoms with van der Waals surface area (Å²) in [5, 5.41) is 9.24. The third-order valence-corrected chi connectivity index (χ3v) is 3.78. The molecule has 0 atom stereocenters. The van der Waals surface area contributed by atoms with Gasteiger partial charge in [-0.05, 0) is 32.2 Å². The molecule has 0 aromatic carbocycles. The second-order valence-electron chi connectivity index (χ2n) is 5.94. The second kappa shape index (κ2) is 12.4. The van der Waals surface area contributed by atoms with Crippen LogP contribution in [0.5, 0.6) is 0 Å². The summed E-state index contributed by atoms with van der Waals surface area (Å²) < 4.78 is 16.4. The average Bonchev–Trinajstić information content (AvgIpc) is 2.43. The van der Waals surface area contributed by atoms with Crippen molar-refractivity contribution in [2.45, 2.75) is 38.7 Å². The smallest absolute Gasteiger partial charge is 0.0701 e. The Morgan fingerprint density at radius 3 is 2.10 bits per heavy atom. The Morgan fingerprint density at radius 1 is 0.952 bits per heavy atom. The summed E-state index contributed by atoms with van der Waals surface area (Å²) in [7, 11) is 2.11. The molecule has 0 aromatic heterocycles. The van der Waals surface area contributed by atoms with Crippen molar-refractivity contribution >= 4 is 0 Å². The normalized spacial score (nSPS) is 21.7. The van der Waals surface area contributed by atoms with Crippen LogP contribution in [0.2, 0.25) is 0 Å². The Bertz CT molecular complexity index is 234. The van der Waals surface area contributed by atoms with Crippen LogP contribution in [0, 0.1) is 5.92 Å². The standard InChI is InChI=1S/C16H33NO4/c1-3-4-6-19-8-10-21-11-9-20-7-5-17(2)14-15-12-16(18)13-15/h15-16,18H,3-14H2,1-2H3. The van der Waals surface area contributed by atoms with Crippen molar-refractivity contribution in [1.29, 1.82) is 0 Å². The van der Waals surface area contributed by atoms with Gasteiger partial charge in [-0.15, -0.1) is 0 Å². The van der Waals surface area contributed by atoms with Crippen LogP contribution in [0.1, 0.15) is 32.6 Å². The number of rotatable bonds is 14. The Kier molecular flexibility index (Phi) is 11.1. The minimum Gasteiger partial charge on any atom is -0.393 e. The lowest BCUT2D eigenvalue weighted by Gasteiger charge is -2.34. The maximum atomic E-state index is 9.24. The van der Waals surface area contributed by atoms with Gasteiger partial charge in [-0.2, -0.15) is 0 Å². The fourth-order valence-corrected chi connectivity index (χ4v) is 2.39. The van der Waals surface area contributed by atoms with Crippen molar-refractivity contribution in [3.63, 3.8) is 0 Å². The third kappa shape index (κ3) is 10.2. The predicted molar refractivity (Wildman–Crippen MR) is 83.6 cm³/mol. The van der Waals surface area contributed by atoms with Gasteiger partial charge in [0.15, 0.2) is 0 Å². The van der Waals surface area contributed by atoms with Gasteiger partial charge in [-0.25, -0.2) is 0 Å². The molecular weight excluding hydrogens is 270 g/mol. The number of likely N-dealkylation sites (N-methyl/N-ethyl adjacent to an activating group) is 1. The van der Waals surface area contributed by atoms with Crippen molar-refractivity contribution in [2.75, 3.05) is 59.8 Å². The quantitative estimate of drug-likeness (QED) is 0.493. The number of aliphatic hydroxyl groups is 1. The van der Waals surface area contributed by atoms with E-state index in [0.29, 0.717) is 32.3 Å². The monoisotopic (exact) mass is 303 g/mol. The van der Waals surface area contributed by atoms with Gasteiger partial charge in [-0.3, -0.25) is 0 Å². The Hall–Kier alpha value is -0.200. The summed E-state index contributed by atoms with van der Waals surface area (Å²) in [4.78, 5) is 2.28. The summed E-state index contributed by atoms with van der Waals surface area (Å²) >= 11 is 0. The molecule has 1 aliphatic rings. The van der Waals surface area contributed by atoms with Gasteiger partial charge in [0.05, 0.1) is 39.1 Å². The first kappa shape index (κ1) is 18.8. The first-order chi connectivity index (χ1) is 10.2. The van der Waals surface area contributed by atoms with E-state index in [4.69, 9.17) is 14.2 Å². The van der Waals surface area contributed by atoms with Crippen LogP contribution < -0.4 is 0 Å². The molecule has 1 rings (SSSR count). The Balaban J connectivity index is 1.74. The maximum Gasteiger partial charge on any atom is 0.0701 e.